The lowest BCUT2D eigenvalue weighted by atomic mass is 10.2. The molecule has 0 radical (unpaired) electrons. The molecule has 1 aromatic carbocycles. The average Bonchev–Trinajstić information content (AvgIpc) is 2.92. The van der Waals surface area contributed by atoms with Gasteiger partial charge in [0.1, 0.15) is 0 Å². The van der Waals surface area contributed by atoms with E-state index in [1.54, 1.807) is 7.11 Å². The molecule has 88 valence electrons. The van der Waals surface area contributed by atoms with E-state index in [0.29, 0.717) is 6.54 Å². The van der Waals surface area contributed by atoms with E-state index in [4.69, 9.17) is 10.5 Å². The van der Waals surface area contributed by atoms with E-state index in [1.165, 1.54) is 0 Å². The van der Waals surface area contributed by atoms with Crippen molar-refractivity contribution in [3.63, 3.8) is 0 Å². The van der Waals surface area contributed by atoms with Crippen LogP contribution in [0.1, 0.15) is 0 Å². The van der Waals surface area contributed by atoms with Crippen LogP contribution in [-0.4, -0.2) is 28.4 Å². The van der Waals surface area contributed by atoms with Crippen molar-refractivity contribution in [2.75, 3.05) is 13.7 Å². The Morgan fingerprint density at radius 1 is 1.47 bits per heavy atom. The Bertz CT molecular complexity index is 668. The number of hydrogen-bond donors (Lipinski definition) is 2. The summed E-state index contributed by atoms with van der Waals surface area (Å²) in [4.78, 5) is 3.20. The van der Waals surface area contributed by atoms with Crippen molar-refractivity contribution in [3.05, 3.63) is 24.4 Å². The summed E-state index contributed by atoms with van der Waals surface area (Å²) in [5.41, 5.74) is 7.75. The van der Waals surface area contributed by atoms with Crippen molar-refractivity contribution in [3.8, 4) is 5.88 Å². The van der Waals surface area contributed by atoms with Gasteiger partial charge >= 0.3 is 0 Å². The van der Waals surface area contributed by atoms with Crippen molar-refractivity contribution in [1.29, 1.82) is 0 Å². The predicted octanol–water partition coefficient (Wildman–Crippen LogP) is 1.48. The molecule has 17 heavy (non-hydrogen) atoms. The van der Waals surface area contributed by atoms with Crippen molar-refractivity contribution in [1.82, 2.24) is 14.8 Å². The molecule has 0 fully saturated rings. The fourth-order valence-electron chi connectivity index (χ4n) is 2.16. The number of nitrogens with two attached hydrogens (primary N) is 1. The van der Waals surface area contributed by atoms with Gasteiger partial charge in [0, 0.05) is 23.4 Å². The van der Waals surface area contributed by atoms with Gasteiger partial charge in [-0.3, -0.25) is 4.68 Å². The number of benzene rings is 1. The monoisotopic (exact) mass is 230 g/mol. The lowest BCUT2D eigenvalue weighted by Crippen LogP contribution is -2.10. The molecule has 0 aliphatic heterocycles. The topological polar surface area (TPSA) is 68.9 Å². The first kappa shape index (κ1) is 10.2. The summed E-state index contributed by atoms with van der Waals surface area (Å²) in [6.07, 6.45) is 1.86. The van der Waals surface area contributed by atoms with Crippen LogP contribution in [0.3, 0.4) is 0 Å². The Balaban J connectivity index is 2.34. The fraction of sp³-hybridized carbons (Fsp3) is 0.250. The number of fused-ring (bicyclic) bond motifs is 3. The number of hydrogen-bond acceptors (Lipinski definition) is 3. The number of methoxy groups -OCH3 is 1. The van der Waals surface area contributed by atoms with Gasteiger partial charge in [0.25, 0.3) is 0 Å². The second-order valence-electron chi connectivity index (χ2n) is 3.96. The zero-order chi connectivity index (χ0) is 11.8. The summed E-state index contributed by atoms with van der Waals surface area (Å²) in [5.74, 6) is 0.757. The maximum atomic E-state index is 5.59. The number of H-pyrrole nitrogens is 1. The van der Waals surface area contributed by atoms with E-state index in [9.17, 15) is 0 Å². The summed E-state index contributed by atoms with van der Waals surface area (Å²) < 4.78 is 7.15. The standard InChI is InChI=1S/C12H14N4O/c1-17-11-6-9-10(15-11)3-2-8-7-14-16(5-4-13)12(8)9/h2-3,6-7,15H,4-5,13H2,1H3. The van der Waals surface area contributed by atoms with Crippen molar-refractivity contribution in [2.45, 2.75) is 6.54 Å². The zero-order valence-electron chi connectivity index (χ0n) is 9.60. The lowest BCUT2D eigenvalue weighted by molar-refractivity contribution is 0.401. The molecule has 5 heteroatoms. The Kier molecular flexibility index (Phi) is 2.26. The molecule has 2 heterocycles. The van der Waals surface area contributed by atoms with Gasteiger partial charge in [-0.05, 0) is 12.1 Å². The summed E-state index contributed by atoms with van der Waals surface area (Å²) >= 11 is 0. The Hall–Kier alpha value is -2.01. The summed E-state index contributed by atoms with van der Waals surface area (Å²) in [6.45, 7) is 1.30. The Labute approximate surface area is 98.2 Å². The fourth-order valence-corrected chi connectivity index (χ4v) is 2.16. The van der Waals surface area contributed by atoms with Gasteiger partial charge in [-0.15, -0.1) is 0 Å². The first-order chi connectivity index (χ1) is 8.33. The number of ether oxygens (including phenoxy) is 1. The molecule has 0 saturated heterocycles. The SMILES string of the molecule is COc1cc2c(ccc3cnn(CCN)c32)[nH]1. The summed E-state index contributed by atoms with van der Waals surface area (Å²) in [7, 11) is 1.65. The molecule has 0 saturated carbocycles. The molecule has 2 aromatic heterocycles. The minimum atomic E-state index is 0.578. The van der Waals surface area contributed by atoms with E-state index in [-0.39, 0.29) is 0 Å². The van der Waals surface area contributed by atoms with Gasteiger partial charge in [0.15, 0.2) is 5.88 Å². The Morgan fingerprint density at radius 3 is 3.12 bits per heavy atom. The largest absolute Gasteiger partial charge is 0.482 e. The van der Waals surface area contributed by atoms with Crippen LogP contribution in [0.2, 0.25) is 0 Å². The molecule has 0 atom stereocenters. The van der Waals surface area contributed by atoms with Crippen molar-refractivity contribution < 1.29 is 4.74 Å². The van der Waals surface area contributed by atoms with Crippen LogP contribution in [-0.2, 0) is 6.54 Å². The first-order valence-electron chi connectivity index (χ1n) is 5.55. The minimum Gasteiger partial charge on any atom is -0.482 e. The summed E-state index contributed by atoms with van der Waals surface area (Å²) in [6, 6.07) is 6.08. The van der Waals surface area contributed by atoms with E-state index < -0.39 is 0 Å². The number of aromatic amines is 1. The van der Waals surface area contributed by atoms with Crippen LogP contribution >= 0.6 is 0 Å². The zero-order valence-corrected chi connectivity index (χ0v) is 9.60. The third-order valence-electron chi connectivity index (χ3n) is 2.94. The highest BCUT2D eigenvalue weighted by molar-refractivity contribution is 6.05. The van der Waals surface area contributed by atoms with E-state index in [0.717, 1.165) is 34.2 Å². The quantitative estimate of drug-likeness (QED) is 0.716. The lowest BCUT2D eigenvalue weighted by Gasteiger charge is -2.01. The average molecular weight is 230 g/mol. The van der Waals surface area contributed by atoms with Gasteiger partial charge in [-0.2, -0.15) is 5.10 Å². The molecule has 0 unspecified atom stereocenters. The Morgan fingerprint density at radius 2 is 2.35 bits per heavy atom. The second-order valence-corrected chi connectivity index (χ2v) is 3.96. The van der Waals surface area contributed by atoms with E-state index >= 15 is 0 Å². The van der Waals surface area contributed by atoms with Crippen LogP contribution in [0, 0.1) is 0 Å². The third kappa shape index (κ3) is 1.47. The normalized spacial score (nSPS) is 11.4. The molecule has 0 bridgehead atoms. The molecular weight excluding hydrogens is 216 g/mol. The molecule has 0 spiro atoms. The number of aromatic nitrogens is 3. The predicted molar refractivity (Wildman–Crippen MR) is 67.2 cm³/mol. The number of nitrogens with zero attached hydrogens (tertiary/aromatic N) is 2. The molecule has 3 aromatic rings. The molecule has 0 aliphatic rings. The highest BCUT2D eigenvalue weighted by Gasteiger charge is 2.09. The van der Waals surface area contributed by atoms with Gasteiger partial charge in [-0.1, -0.05) is 0 Å². The van der Waals surface area contributed by atoms with Gasteiger partial charge in [0.05, 0.1) is 30.9 Å². The van der Waals surface area contributed by atoms with Gasteiger partial charge in [-0.25, -0.2) is 0 Å². The van der Waals surface area contributed by atoms with Gasteiger partial charge < -0.3 is 15.5 Å². The van der Waals surface area contributed by atoms with Gasteiger partial charge in [0.2, 0.25) is 0 Å². The summed E-state index contributed by atoms with van der Waals surface area (Å²) in [5, 5.41) is 6.59. The molecular formula is C12H14N4O. The van der Waals surface area contributed by atoms with Crippen LogP contribution in [0.4, 0.5) is 0 Å². The maximum Gasteiger partial charge on any atom is 0.191 e. The molecule has 3 N–H and O–H groups in total. The molecule has 0 amide bonds. The third-order valence-corrected chi connectivity index (χ3v) is 2.94. The number of nitrogens with one attached hydrogen (secondary N) is 1. The first-order valence-corrected chi connectivity index (χ1v) is 5.55. The molecule has 3 rings (SSSR count). The van der Waals surface area contributed by atoms with E-state index in [2.05, 4.69) is 10.1 Å². The number of rotatable bonds is 3. The van der Waals surface area contributed by atoms with Crippen molar-refractivity contribution >= 4 is 21.8 Å². The minimum absolute atomic E-state index is 0.578. The van der Waals surface area contributed by atoms with Crippen LogP contribution in [0.15, 0.2) is 24.4 Å². The van der Waals surface area contributed by atoms with Crippen LogP contribution in [0.5, 0.6) is 5.88 Å². The van der Waals surface area contributed by atoms with Crippen LogP contribution < -0.4 is 10.5 Å². The maximum absolute atomic E-state index is 5.59. The second kappa shape index (κ2) is 3.78. The smallest absolute Gasteiger partial charge is 0.191 e. The highest BCUT2D eigenvalue weighted by Crippen LogP contribution is 2.28. The van der Waals surface area contributed by atoms with E-state index in [1.807, 2.05) is 29.1 Å². The van der Waals surface area contributed by atoms with Crippen LogP contribution in [0.25, 0.3) is 21.8 Å². The molecule has 5 nitrogen and oxygen atoms in total. The van der Waals surface area contributed by atoms with Crippen molar-refractivity contribution in [2.24, 2.45) is 5.73 Å². The highest BCUT2D eigenvalue weighted by atomic mass is 16.5. The molecule has 0 aliphatic carbocycles.